The third-order valence-corrected chi connectivity index (χ3v) is 6.81. The highest BCUT2D eigenvalue weighted by Gasteiger charge is 2.30. The number of nitrogens with one attached hydrogen (secondary N) is 1. The fraction of sp³-hybridized carbons (Fsp3) is 0.238. The topological polar surface area (TPSA) is 110 Å². The zero-order chi connectivity index (χ0) is 20.9. The Kier molecular flexibility index (Phi) is 4.37. The van der Waals surface area contributed by atoms with Crippen molar-refractivity contribution in [2.24, 2.45) is 10.3 Å². The lowest BCUT2D eigenvalue weighted by molar-refractivity contribution is 0.182. The second-order valence-electron chi connectivity index (χ2n) is 7.42. The zero-order valence-corrected chi connectivity index (χ0v) is 16.7. The van der Waals surface area contributed by atoms with E-state index in [2.05, 4.69) is 9.71 Å². The van der Waals surface area contributed by atoms with Gasteiger partial charge in [-0.3, -0.25) is 4.79 Å². The number of sulfonamides is 1. The molecule has 0 spiro atoms. The van der Waals surface area contributed by atoms with E-state index in [1.807, 2.05) is 0 Å². The smallest absolute Gasteiger partial charge is 0.286 e. The summed E-state index contributed by atoms with van der Waals surface area (Å²) in [4.78, 5) is 13.5. The van der Waals surface area contributed by atoms with Crippen molar-refractivity contribution in [3.8, 4) is 5.75 Å². The zero-order valence-electron chi connectivity index (χ0n) is 15.9. The van der Waals surface area contributed by atoms with Crippen LogP contribution >= 0.6 is 0 Å². The molecule has 3 aromatic rings. The Hall–Kier alpha value is -3.17. The number of anilines is 1. The molecule has 0 saturated carbocycles. The molecule has 0 bridgehead atoms. The van der Waals surface area contributed by atoms with Crippen LogP contribution in [0.4, 0.5) is 5.69 Å². The molecule has 1 saturated heterocycles. The highest BCUT2D eigenvalue weighted by atomic mass is 32.2. The van der Waals surface area contributed by atoms with Crippen molar-refractivity contribution in [1.82, 2.24) is 4.57 Å². The van der Waals surface area contributed by atoms with Crippen LogP contribution in [0.5, 0.6) is 5.75 Å². The number of nitrogens with zero attached hydrogens (tertiary/aromatic N) is 2. The molecule has 2 aliphatic rings. The second kappa shape index (κ2) is 6.96. The van der Waals surface area contributed by atoms with Crippen LogP contribution in [-0.2, 0) is 21.3 Å². The van der Waals surface area contributed by atoms with Crippen molar-refractivity contribution in [2.45, 2.75) is 17.9 Å². The molecule has 1 atom stereocenters. The molecule has 0 radical (unpaired) electrons. The standard InChI is InChI=1S/C21H19N3O5S/c25-19-14-5-1-3-7-16(14)24(11-13-9-10-29-12-13)21(26)18(19)20-22-15-6-2-4-8-17(15)30(27,28)23-20/h1-8,13,25H,9-12H2,(H,22,23). The fourth-order valence-corrected chi connectivity index (χ4v) is 5.12. The summed E-state index contributed by atoms with van der Waals surface area (Å²) in [5.41, 5.74) is 0.227. The molecule has 2 N–H and O–H groups in total. The Labute approximate surface area is 172 Å². The van der Waals surface area contributed by atoms with Crippen LogP contribution < -0.4 is 10.9 Å². The number of hydrogen-bond acceptors (Lipinski definition) is 6. The van der Waals surface area contributed by atoms with Gasteiger partial charge in [-0.2, -0.15) is 8.42 Å². The normalized spacial score (nSPS) is 19.9. The van der Waals surface area contributed by atoms with Crippen molar-refractivity contribution in [3.63, 3.8) is 0 Å². The molecule has 2 aromatic carbocycles. The lowest BCUT2D eigenvalue weighted by Gasteiger charge is -2.21. The monoisotopic (exact) mass is 425 g/mol. The average molecular weight is 425 g/mol. The third kappa shape index (κ3) is 2.98. The quantitative estimate of drug-likeness (QED) is 0.666. The highest BCUT2D eigenvalue weighted by molar-refractivity contribution is 7.90. The number of rotatable bonds is 3. The summed E-state index contributed by atoms with van der Waals surface area (Å²) in [6, 6.07) is 13.3. The number of aromatic hydroxyl groups is 1. The summed E-state index contributed by atoms with van der Waals surface area (Å²) in [5.74, 6) is -0.317. The van der Waals surface area contributed by atoms with E-state index in [0.717, 1.165) is 6.42 Å². The van der Waals surface area contributed by atoms with Crippen LogP contribution in [0.1, 0.15) is 12.0 Å². The maximum Gasteiger partial charge on any atom is 0.286 e. The molecule has 5 rings (SSSR count). The Morgan fingerprint density at radius 1 is 1.17 bits per heavy atom. The Morgan fingerprint density at radius 2 is 1.93 bits per heavy atom. The number of amidine groups is 1. The van der Waals surface area contributed by atoms with Crippen LogP contribution in [-0.4, -0.2) is 37.1 Å². The van der Waals surface area contributed by atoms with Crippen molar-refractivity contribution in [3.05, 3.63) is 64.4 Å². The molecule has 30 heavy (non-hydrogen) atoms. The average Bonchev–Trinajstić information content (AvgIpc) is 3.24. The molecule has 9 heteroatoms. The van der Waals surface area contributed by atoms with Gasteiger partial charge in [0.1, 0.15) is 16.2 Å². The van der Waals surface area contributed by atoms with Gasteiger partial charge in [0.15, 0.2) is 5.84 Å². The van der Waals surface area contributed by atoms with Crippen LogP contribution in [0, 0.1) is 5.92 Å². The van der Waals surface area contributed by atoms with E-state index >= 15 is 0 Å². The molecule has 1 fully saturated rings. The minimum atomic E-state index is -4.02. The molecular formula is C21H19N3O5S. The molecule has 1 aromatic heterocycles. The Balaban J connectivity index is 1.74. The van der Waals surface area contributed by atoms with Crippen molar-refractivity contribution < 1.29 is 18.3 Å². The van der Waals surface area contributed by atoms with Gasteiger partial charge in [-0.15, -0.1) is 4.40 Å². The van der Waals surface area contributed by atoms with Gasteiger partial charge in [0.05, 0.1) is 17.8 Å². The minimum absolute atomic E-state index is 0.0254. The first-order valence-corrected chi connectivity index (χ1v) is 11.0. The molecule has 0 amide bonds. The SMILES string of the molecule is O=c1c(C2=NS(=O)(=O)c3ccccc3N2)c(O)c2ccccc2n1CC1CCOC1. The molecule has 3 heterocycles. The van der Waals surface area contributed by atoms with E-state index in [1.54, 1.807) is 47.0 Å². The van der Waals surface area contributed by atoms with Gasteiger partial charge in [-0.1, -0.05) is 24.3 Å². The number of aromatic nitrogens is 1. The number of para-hydroxylation sites is 2. The summed E-state index contributed by atoms with van der Waals surface area (Å²) in [6.45, 7) is 1.60. The van der Waals surface area contributed by atoms with Crippen molar-refractivity contribution >= 4 is 32.4 Å². The summed E-state index contributed by atoms with van der Waals surface area (Å²) in [6.07, 6.45) is 0.831. The van der Waals surface area contributed by atoms with Crippen LogP contribution in [0.15, 0.2) is 62.6 Å². The molecule has 0 aliphatic carbocycles. The number of pyridine rings is 1. The number of ether oxygens (including phenoxy) is 1. The van der Waals surface area contributed by atoms with E-state index in [1.165, 1.54) is 6.07 Å². The van der Waals surface area contributed by atoms with Crippen LogP contribution in [0.3, 0.4) is 0 Å². The third-order valence-electron chi connectivity index (χ3n) is 5.48. The maximum absolute atomic E-state index is 13.5. The lowest BCUT2D eigenvalue weighted by atomic mass is 10.1. The summed E-state index contributed by atoms with van der Waals surface area (Å²) in [7, 11) is -4.02. The predicted octanol–water partition coefficient (Wildman–Crippen LogP) is 2.30. The molecule has 154 valence electrons. The van der Waals surface area contributed by atoms with Crippen LogP contribution in [0.2, 0.25) is 0 Å². The Bertz CT molecular complexity index is 1350. The van der Waals surface area contributed by atoms with Gasteiger partial charge in [0.25, 0.3) is 15.6 Å². The van der Waals surface area contributed by atoms with E-state index in [-0.39, 0.29) is 28.0 Å². The van der Waals surface area contributed by atoms with Crippen LogP contribution in [0.25, 0.3) is 10.9 Å². The molecule has 2 aliphatic heterocycles. The fourth-order valence-electron chi connectivity index (χ4n) is 3.99. The van der Waals surface area contributed by atoms with Crippen molar-refractivity contribution in [1.29, 1.82) is 0 Å². The number of fused-ring (bicyclic) bond motifs is 2. The first-order valence-electron chi connectivity index (χ1n) is 9.59. The number of benzene rings is 2. The molecule has 1 unspecified atom stereocenters. The lowest BCUT2D eigenvalue weighted by Crippen LogP contribution is -2.34. The van der Waals surface area contributed by atoms with Gasteiger partial charge in [-0.25, -0.2) is 0 Å². The van der Waals surface area contributed by atoms with E-state index in [4.69, 9.17) is 4.74 Å². The first-order chi connectivity index (χ1) is 14.5. The molecular weight excluding hydrogens is 406 g/mol. The maximum atomic E-state index is 13.5. The summed E-state index contributed by atoms with van der Waals surface area (Å²) in [5, 5.41) is 14.3. The van der Waals surface area contributed by atoms with Gasteiger partial charge < -0.3 is 19.7 Å². The van der Waals surface area contributed by atoms with Gasteiger partial charge in [-0.05, 0) is 30.7 Å². The Morgan fingerprint density at radius 3 is 2.73 bits per heavy atom. The number of hydrogen-bond donors (Lipinski definition) is 2. The van der Waals surface area contributed by atoms with Gasteiger partial charge in [0, 0.05) is 24.5 Å². The van der Waals surface area contributed by atoms with E-state index < -0.39 is 15.6 Å². The minimum Gasteiger partial charge on any atom is -0.506 e. The van der Waals surface area contributed by atoms with E-state index in [0.29, 0.717) is 36.3 Å². The highest BCUT2D eigenvalue weighted by Crippen LogP contribution is 2.32. The molecule has 8 nitrogen and oxygen atoms in total. The second-order valence-corrected chi connectivity index (χ2v) is 8.99. The van der Waals surface area contributed by atoms with Gasteiger partial charge in [0.2, 0.25) is 0 Å². The van der Waals surface area contributed by atoms with E-state index in [9.17, 15) is 18.3 Å². The predicted molar refractivity (Wildman–Crippen MR) is 113 cm³/mol. The summed E-state index contributed by atoms with van der Waals surface area (Å²) < 4.78 is 36.2. The van der Waals surface area contributed by atoms with Crippen molar-refractivity contribution in [2.75, 3.05) is 18.5 Å². The van der Waals surface area contributed by atoms with Gasteiger partial charge >= 0.3 is 0 Å². The first kappa shape index (κ1) is 18.8. The largest absolute Gasteiger partial charge is 0.506 e. The summed E-state index contributed by atoms with van der Waals surface area (Å²) >= 11 is 0.